The lowest BCUT2D eigenvalue weighted by Gasteiger charge is -2.49. The van der Waals surface area contributed by atoms with Crippen molar-refractivity contribution in [1.29, 1.82) is 0 Å². The number of thioether (sulfide) groups is 1. The molecule has 1 aliphatic carbocycles. The fourth-order valence-electron chi connectivity index (χ4n) is 3.63. The van der Waals surface area contributed by atoms with Crippen molar-refractivity contribution >= 4 is 17.7 Å². The summed E-state index contributed by atoms with van der Waals surface area (Å²) in [4.78, 5) is 18.4. The minimum atomic E-state index is -0.760. The summed E-state index contributed by atoms with van der Waals surface area (Å²) >= 11 is 1.92. The number of carbonyl (C=O) groups is 1. The lowest BCUT2D eigenvalue weighted by atomic mass is 9.80. The molecule has 1 unspecified atom stereocenters. The molecule has 0 N–H and O–H groups in total. The highest BCUT2D eigenvalue weighted by molar-refractivity contribution is 8.01. The van der Waals surface area contributed by atoms with Crippen molar-refractivity contribution in [3.8, 4) is 0 Å². The normalized spacial score (nSPS) is 31.7. The van der Waals surface area contributed by atoms with Gasteiger partial charge in [0, 0.05) is 31.0 Å². The molecular weight excluding hydrogens is 315 g/mol. The lowest BCUT2D eigenvalue weighted by Crippen LogP contribution is -2.62. The first-order chi connectivity index (χ1) is 11.1. The number of halogens is 1. The van der Waals surface area contributed by atoms with Gasteiger partial charge in [-0.15, -0.1) is 11.8 Å². The number of nitrogens with zero attached hydrogens (tertiary/aromatic N) is 2. The molecule has 3 aliphatic rings. The molecule has 4 rings (SSSR count). The molecule has 23 heavy (non-hydrogen) atoms. The van der Waals surface area contributed by atoms with Crippen LogP contribution in [0.5, 0.6) is 0 Å². The van der Waals surface area contributed by atoms with Gasteiger partial charge in [-0.05, 0) is 31.4 Å². The topological polar surface area (TPSA) is 42.4 Å². The van der Waals surface area contributed by atoms with Gasteiger partial charge in [-0.25, -0.2) is 4.39 Å². The monoisotopic (exact) mass is 336 g/mol. The number of hydrogen-bond acceptors (Lipinski definition) is 4. The van der Waals surface area contributed by atoms with E-state index in [4.69, 9.17) is 4.74 Å². The van der Waals surface area contributed by atoms with E-state index < -0.39 is 6.17 Å². The zero-order valence-corrected chi connectivity index (χ0v) is 13.8. The predicted molar refractivity (Wildman–Crippen MR) is 86.8 cm³/mol. The van der Waals surface area contributed by atoms with Crippen molar-refractivity contribution in [3.05, 3.63) is 30.1 Å². The van der Waals surface area contributed by atoms with Crippen LogP contribution in [0.15, 0.2) is 24.4 Å². The molecule has 4 nitrogen and oxygen atoms in total. The molecule has 6 heteroatoms. The SMILES string of the molecule is O=C(C1CC(F)C1)N1CC2(CC(OCc3ccccn3)CS2)C1. The molecule has 0 aromatic carbocycles. The summed E-state index contributed by atoms with van der Waals surface area (Å²) in [6.07, 6.45) is 3.09. The van der Waals surface area contributed by atoms with Crippen LogP contribution >= 0.6 is 11.8 Å². The van der Waals surface area contributed by atoms with E-state index in [1.807, 2.05) is 34.9 Å². The molecule has 0 radical (unpaired) electrons. The van der Waals surface area contributed by atoms with Gasteiger partial charge in [0.25, 0.3) is 0 Å². The van der Waals surface area contributed by atoms with Gasteiger partial charge < -0.3 is 9.64 Å². The molecule has 1 amide bonds. The number of likely N-dealkylation sites (tertiary alicyclic amines) is 1. The van der Waals surface area contributed by atoms with Gasteiger partial charge in [0.05, 0.1) is 23.2 Å². The van der Waals surface area contributed by atoms with E-state index in [-0.39, 0.29) is 22.7 Å². The van der Waals surface area contributed by atoms with E-state index in [2.05, 4.69) is 4.98 Å². The zero-order valence-electron chi connectivity index (χ0n) is 13.0. The predicted octanol–water partition coefficient (Wildman–Crippen LogP) is 2.43. The van der Waals surface area contributed by atoms with Crippen molar-refractivity contribution < 1.29 is 13.9 Å². The summed E-state index contributed by atoms with van der Waals surface area (Å²) < 4.78 is 19.0. The lowest BCUT2D eigenvalue weighted by molar-refractivity contribution is -0.146. The Labute approximate surface area is 139 Å². The Morgan fingerprint density at radius 2 is 2.26 bits per heavy atom. The fraction of sp³-hybridized carbons (Fsp3) is 0.647. The molecule has 3 fully saturated rings. The van der Waals surface area contributed by atoms with Gasteiger partial charge in [0.1, 0.15) is 6.17 Å². The summed E-state index contributed by atoms with van der Waals surface area (Å²) in [7, 11) is 0. The third-order valence-electron chi connectivity index (χ3n) is 5.07. The maximum Gasteiger partial charge on any atom is 0.225 e. The Bertz CT molecular complexity index is 573. The van der Waals surface area contributed by atoms with Gasteiger partial charge in [-0.2, -0.15) is 0 Å². The van der Waals surface area contributed by atoms with E-state index in [1.165, 1.54) is 0 Å². The molecule has 124 valence electrons. The van der Waals surface area contributed by atoms with Crippen molar-refractivity contribution in [1.82, 2.24) is 9.88 Å². The van der Waals surface area contributed by atoms with Gasteiger partial charge in [-0.3, -0.25) is 9.78 Å². The molecular formula is C17H21FN2O2S. The zero-order chi connectivity index (χ0) is 15.9. The van der Waals surface area contributed by atoms with Gasteiger partial charge in [-0.1, -0.05) is 6.07 Å². The second-order valence-corrected chi connectivity index (χ2v) is 8.40. The third kappa shape index (κ3) is 3.11. The minimum Gasteiger partial charge on any atom is -0.371 e. The number of rotatable bonds is 4. The van der Waals surface area contributed by atoms with Crippen molar-refractivity contribution in [2.24, 2.45) is 5.92 Å². The number of hydrogen-bond donors (Lipinski definition) is 0. The van der Waals surface area contributed by atoms with Crippen molar-refractivity contribution in [3.63, 3.8) is 0 Å². The minimum absolute atomic E-state index is 0.0649. The summed E-state index contributed by atoms with van der Waals surface area (Å²) in [6.45, 7) is 2.14. The van der Waals surface area contributed by atoms with Crippen molar-refractivity contribution in [2.75, 3.05) is 18.8 Å². The van der Waals surface area contributed by atoms with E-state index >= 15 is 0 Å². The molecule has 2 aliphatic heterocycles. The highest BCUT2D eigenvalue weighted by atomic mass is 32.2. The van der Waals surface area contributed by atoms with E-state index in [1.54, 1.807) is 6.20 Å². The summed E-state index contributed by atoms with van der Waals surface area (Å²) in [6, 6.07) is 5.84. The van der Waals surface area contributed by atoms with E-state index in [0.717, 1.165) is 31.0 Å². The standard InChI is InChI=1S/C17H21FN2O2S/c18-13-5-12(6-13)16(21)20-10-17(11-20)7-15(9-23-17)22-8-14-3-1-2-4-19-14/h1-4,12-13,15H,5-11H2. The molecule has 1 spiro atoms. The quantitative estimate of drug-likeness (QED) is 0.847. The number of ether oxygens (including phenoxy) is 1. The Morgan fingerprint density at radius 1 is 1.43 bits per heavy atom. The summed E-state index contributed by atoms with van der Waals surface area (Å²) in [5.41, 5.74) is 0.953. The number of pyridine rings is 1. The van der Waals surface area contributed by atoms with Crippen LogP contribution in [-0.2, 0) is 16.1 Å². The Hall–Kier alpha value is -1.14. The number of carbonyl (C=O) groups excluding carboxylic acids is 1. The van der Waals surface area contributed by atoms with E-state index in [0.29, 0.717) is 19.4 Å². The molecule has 1 aromatic heterocycles. The summed E-state index contributed by atoms with van der Waals surface area (Å²) in [5, 5.41) is 0. The molecule has 2 saturated heterocycles. The average molecular weight is 336 g/mol. The summed E-state index contributed by atoms with van der Waals surface area (Å²) in [5.74, 6) is 1.07. The number of alkyl halides is 1. The molecule has 1 atom stereocenters. The average Bonchev–Trinajstić information content (AvgIpc) is 2.93. The van der Waals surface area contributed by atoms with Crippen LogP contribution in [0.4, 0.5) is 4.39 Å². The highest BCUT2D eigenvalue weighted by Crippen LogP contribution is 2.47. The van der Waals surface area contributed by atoms with Crippen LogP contribution in [0.25, 0.3) is 0 Å². The molecule has 1 saturated carbocycles. The van der Waals surface area contributed by atoms with Crippen LogP contribution < -0.4 is 0 Å². The largest absolute Gasteiger partial charge is 0.371 e. The van der Waals surface area contributed by atoms with E-state index in [9.17, 15) is 9.18 Å². The van der Waals surface area contributed by atoms with Gasteiger partial charge >= 0.3 is 0 Å². The maximum atomic E-state index is 12.9. The Morgan fingerprint density at radius 3 is 2.96 bits per heavy atom. The highest BCUT2D eigenvalue weighted by Gasteiger charge is 2.52. The first-order valence-corrected chi connectivity index (χ1v) is 9.20. The number of amides is 1. The molecule has 1 aromatic rings. The van der Waals surface area contributed by atoms with Gasteiger partial charge in [0.2, 0.25) is 5.91 Å². The molecule has 3 heterocycles. The second-order valence-electron chi connectivity index (χ2n) is 6.91. The first kappa shape index (κ1) is 15.4. The number of aromatic nitrogens is 1. The second kappa shape index (κ2) is 6.06. The van der Waals surface area contributed by atoms with Crippen LogP contribution in [0.3, 0.4) is 0 Å². The fourth-order valence-corrected chi connectivity index (χ4v) is 5.18. The van der Waals surface area contributed by atoms with Crippen LogP contribution in [0.1, 0.15) is 25.0 Å². The molecule has 0 bridgehead atoms. The van der Waals surface area contributed by atoms with Gasteiger partial charge in [0.15, 0.2) is 0 Å². The maximum absolute atomic E-state index is 12.9. The van der Waals surface area contributed by atoms with Crippen LogP contribution in [0.2, 0.25) is 0 Å². The van der Waals surface area contributed by atoms with Crippen LogP contribution in [0, 0.1) is 5.92 Å². The smallest absolute Gasteiger partial charge is 0.225 e. The third-order valence-corrected chi connectivity index (χ3v) is 6.64. The Balaban J connectivity index is 1.23. The van der Waals surface area contributed by atoms with Crippen LogP contribution in [-0.4, -0.2) is 51.7 Å². The Kier molecular flexibility index (Phi) is 4.05. The van der Waals surface area contributed by atoms with Crippen molar-refractivity contribution in [2.45, 2.75) is 42.9 Å². The first-order valence-electron chi connectivity index (χ1n) is 8.22.